The number of benzene rings is 3. The average molecular weight is 494 g/mol. The van der Waals surface area contributed by atoms with Gasteiger partial charge in [0.15, 0.2) is 4.75 Å². The van der Waals surface area contributed by atoms with Crippen LogP contribution in [0.15, 0.2) is 54.6 Å². The summed E-state index contributed by atoms with van der Waals surface area (Å²) in [6, 6.07) is 11.4. The number of hydrogen-bond donors (Lipinski definition) is 3. The summed E-state index contributed by atoms with van der Waals surface area (Å²) in [5.74, 6) is -1.08. The van der Waals surface area contributed by atoms with Gasteiger partial charge in [-0.3, -0.25) is 4.55 Å². The maximum Gasteiger partial charge on any atom is 0.283 e. The SMILES string of the molecule is O=S(=O)(O)C(c1ccc(Cl)cc1)(c1ccc(Cl)cc1Cl)c1c(O)cc(O)cc1Cl. The lowest BCUT2D eigenvalue weighted by Crippen LogP contribution is -2.39. The van der Waals surface area contributed by atoms with Gasteiger partial charge in [-0.1, -0.05) is 64.6 Å². The molecule has 3 rings (SSSR count). The van der Waals surface area contributed by atoms with E-state index in [-0.39, 0.29) is 26.2 Å². The lowest BCUT2D eigenvalue weighted by atomic mass is 9.83. The third-order valence-corrected chi connectivity index (χ3v) is 6.89. The highest BCUT2D eigenvalue weighted by atomic mass is 35.5. The predicted octanol–water partition coefficient (Wildman–Crippen LogP) is 5.89. The summed E-state index contributed by atoms with van der Waals surface area (Å²) in [6.07, 6.45) is 0. The zero-order valence-electron chi connectivity index (χ0n) is 14.3. The molecule has 0 aliphatic heterocycles. The first-order valence-corrected chi connectivity index (χ1v) is 10.8. The van der Waals surface area contributed by atoms with E-state index in [0.717, 1.165) is 12.1 Å². The molecule has 0 heterocycles. The Labute approximate surface area is 186 Å². The van der Waals surface area contributed by atoms with E-state index in [4.69, 9.17) is 46.4 Å². The summed E-state index contributed by atoms with van der Waals surface area (Å²) < 4.78 is 34.0. The highest BCUT2D eigenvalue weighted by molar-refractivity contribution is 7.87. The summed E-state index contributed by atoms with van der Waals surface area (Å²) in [4.78, 5) is 0. The molecule has 152 valence electrons. The molecule has 0 radical (unpaired) electrons. The van der Waals surface area contributed by atoms with Crippen LogP contribution < -0.4 is 0 Å². The van der Waals surface area contributed by atoms with Crippen LogP contribution in [0.25, 0.3) is 0 Å². The fraction of sp³-hybridized carbons (Fsp3) is 0.0526. The van der Waals surface area contributed by atoms with E-state index in [1.165, 1.54) is 42.5 Å². The molecule has 0 aliphatic rings. The average Bonchev–Trinajstić information content (AvgIpc) is 2.58. The topological polar surface area (TPSA) is 94.8 Å². The van der Waals surface area contributed by atoms with E-state index < -0.39 is 31.9 Å². The van der Waals surface area contributed by atoms with E-state index in [9.17, 15) is 23.2 Å². The van der Waals surface area contributed by atoms with Crippen LogP contribution in [-0.4, -0.2) is 23.2 Å². The minimum absolute atomic E-state index is 0.00323. The van der Waals surface area contributed by atoms with Gasteiger partial charge in [0.2, 0.25) is 0 Å². The second-order valence-corrected chi connectivity index (χ2v) is 9.36. The molecule has 0 spiro atoms. The van der Waals surface area contributed by atoms with Crippen LogP contribution in [0.5, 0.6) is 11.5 Å². The second-order valence-electron chi connectivity index (χ2n) is 6.11. The zero-order chi connectivity index (χ0) is 21.6. The molecule has 3 N–H and O–H groups in total. The highest BCUT2D eigenvalue weighted by Gasteiger charge is 2.52. The molecule has 0 aliphatic carbocycles. The molecule has 0 aromatic heterocycles. The maximum absolute atomic E-state index is 13.0. The number of rotatable bonds is 4. The van der Waals surface area contributed by atoms with Crippen molar-refractivity contribution in [3.63, 3.8) is 0 Å². The second kappa shape index (κ2) is 7.87. The van der Waals surface area contributed by atoms with E-state index in [0.29, 0.717) is 5.02 Å². The van der Waals surface area contributed by atoms with Crippen LogP contribution >= 0.6 is 46.4 Å². The first-order chi connectivity index (χ1) is 13.5. The first kappa shape index (κ1) is 22.0. The van der Waals surface area contributed by atoms with Crippen LogP contribution in [-0.2, 0) is 14.9 Å². The number of phenolic OH excluding ortho intramolecular Hbond substituents is 2. The molecule has 1 unspecified atom stereocenters. The molecule has 10 heteroatoms. The number of hydrogen-bond acceptors (Lipinski definition) is 4. The minimum atomic E-state index is -5.09. The smallest absolute Gasteiger partial charge is 0.283 e. The summed E-state index contributed by atoms with van der Waals surface area (Å²) >= 11 is 24.5. The Hall–Kier alpha value is -1.67. The number of aromatic hydroxyl groups is 2. The van der Waals surface area contributed by atoms with E-state index >= 15 is 0 Å². The van der Waals surface area contributed by atoms with Gasteiger partial charge in [-0.15, -0.1) is 0 Å². The summed E-state index contributed by atoms with van der Waals surface area (Å²) in [5, 5.41) is 20.4. The third-order valence-electron chi connectivity index (χ3n) is 4.35. The van der Waals surface area contributed by atoms with Gasteiger partial charge in [0, 0.05) is 32.3 Å². The van der Waals surface area contributed by atoms with Crippen molar-refractivity contribution in [2.75, 3.05) is 0 Å². The van der Waals surface area contributed by atoms with Crippen molar-refractivity contribution in [3.05, 3.63) is 91.4 Å². The molecule has 29 heavy (non-hydrogen) atoms. The lowest BCUT2D eigenvalue weighted by molar-refractivity contribution is 0.431. The van der Waals surface area contributed by atoms with Gasteiger partial charge in [-0.2, -0.15) is 8.42 Å². The van der Waals surface area contributed by atoms with Gasteiger partial charge in [-0.05, 0) is 35.9 Å². The quantitative estimate of drug-likeness (QED) is 0.311. The maximum atomic E-state index is 13.0. The van der Waals surface area contributed by atoms with E-state index in [1.54, 1.807) is 0 Å². The lowest BCUT2D eigenvalue weighted by Gasteiger charge is -2.34. The van der Waals surface area contributed by atoms with Crippen molar-refractivity contribution >= 4 is 56.5 Å². The van der Waals surface area contributed by atoms with Crippen molar-refractivity contribution in [1.29, 1.82) is 0 Å². The molecule has 0 saturated carbocycles. The van der Waals surface area contributed by atoms with E-state index in [2.05, 4.69) is 0 Å². The standard InChI is InChI=1S/C19H12Cl4O5S/c20-11-3-1-10(2-4-11)19(29(26,27)28,14-6-5-12(21)7-15(14)22)18-16(23)8-13(24)9-17(18)25/h1-9,24-25H,(H,26,27,28). The summed E-state index contributed by atoms with van der Waals surface area (Å²) in [7, 11) is -5.09. The fourth-order valence-electron chi connectivity index (χ4n) is 3.24. The van der Waals surface area contributed by atoms with Crippen LogP contribution in [0.2, 0.25) is 20.1 Å². The highest BCUT2D eigenvalue weighted by Crippen LogP contribution is 2.52. The van der Waals surface area contributed by atoms with Gasteiger partial charge in [0.05, 0.1) is 5.02 Å². The Morgan fingerprint density at radius 3 is 1.86 bits per heavy atom. The number of halogens is 4. The Kier molecular flexibility index (Phi) is 5.98. The Morgan fingerprint density at radius 1 is 0.759 bits per heavy atom. The van der Waals surface area contributed by atoms with Gasteiger partial charge in [-0.25, -0.2) is 0 Å². The Bertz CT molecular complexity index is 1170. The molecule has 0 fully saturated rings. The van der Waals surface area contributed by atoms with Gasteiger partial charge < -0.3 is 10.2 Å². The molecule has 5 nitrogen and oxygen atoms in total. The predicted molar refractivity (Wildman–Crippen MR) is 114 cm³/mol. The van der Waals surface area contributed by atoms with Gasteiger partial charge >= 0.3 is 0 Å². The zero-order valence-corrected chi connectivity index (χ0v) is 18.1. The van der Waals surface area contributed by atoms with Crippen LogP contribution in [0.3, 0.4) is 0 Å². The van der Waals surface area contributed by atoms with Gasteiger partial charge in [0.25, 0.3) is 10.1 Å². The van der Waals surface area contributed by atoms with Gasteiger partial charge in [0.1, 0.15) is 11.5 Å². The molecule has 1 atom stereocenters. The normalized spacial score (nSPS) is 13.8. The number of phenols is 2. The summed E-state index contributed by atoms with van der Waals surface area (Å²) in [5.41, 5.74) is -0.515. The molecular formula is C19H12Cl4O5S. The first-order valence-electron chi connectivity index (χ1n) is 7.89. The Balaban J connectivity index is 2.61. The van der Waals surface area contributed by atoms with Crippen molar-refractivity contribution in [1.82, 2.24) is 0 Å². The molecule has 3 aromatic carbocycles. The Morgan fingerprint density at radius 2 is 1.34 bits per heavy atom. The molecule has 3 aromatic rings. The van der Waals surface area contributed by atoms with E-state index in [1.807, 2.05) is 0 Å². The third kappa shape index (κ3) is 3.77. The van der Waals surface area contributed by atoms with Crippen molar-refractivity contribution in [2.24, 2.45) is 0 Å². The molecule has 0 bridgehead atoms. The largest absolute Gasteiger partial charge is 0.508 e. The molecule has 0 saturated heterocycles. The van der Waals surface area contributed by atoms with Crippen molar-refractivity contribution in [3.8, 4) is 11.5 Å². The minimum Gasteiger partial charge on any atom is -0.508 e. The van der Waals surface area contributed by atoms with Crippen molar-refractivity contribution < 1.29 is 23.2 Å². The monoisotopic (exact) mass is 492 g/mol. The molecule has 0 amide bonds. The van der Waals surface area contributed by atoms with Crippen LogP contribution in [0, 0.1) is 0 Å². The van der Waals surface area contributed by atoms with Crippen molar-refractivity contribution in [2.45, 2.75) is 4.75 Å². The molecular weight excluding hydrogens is 482 g/mol. The summed E-state index contributed by atoms with van der Waals surface area (Å²) in [6.45, 7) is 0. The van der Waals surface area contributed by atoms with Crippen LogP contribution in [0.4, 0.5) is 0 Å². The fourth-order valence-corrected chi connectivity index (χ4v) is 5.74. The van der Waals surface area contributed by atoms with Crippen LogP contribution in [0.1, 0.15) is 16.7 Å².